The van der Waals surface area contributed by atoms with Gasteiger partial charge < -0.3 is 15.5 Å². The van der Waals surface area contributed by atoms with Crippen molar-refractivity contribution < 1.29 is 23.8 Å². The van der Waals surface area contributed by atoms with Gasteiger partial charge in [0.25, 0.3) is 0 Å². The van der Waals surface area contributed by atoms with Crippen molar-refractivity contribution in [2.24, 2.45) is 0 Å². The van der Waals surface area contributed by atoms with E-state index in [0.717, 1.165) is 28.0 Å². The van der Waals surface area contributed by atoms with Gasteiger partial charge in [-0.2, -0.15) is 0 Å². The summed E-state index contributed by atoms with van der Waals surface area (Å²) >= 11 is 2.26. The molecule has 2 aromatic carbocycles. The number of hydrogen-bond acceptors (Lipinski definition) is 3. The molecule has 174 valence electrons. The molecule has 8 heteroatoms. The number of aliphatic hydroxyl groups is 1. The molecule has 0 bridgehead atoms. The second-order valence-corrected chi connectivity index (χ2v) is 10.7. The first-order chi connectivity index (χ1) is 14.9. The summed E-state index contributed by atoms with van der Waals surface area (Å²) in [4.78, 5) is 13.3. The van der Waals surface area contributed by atoms with Gasteiger partial charge in [-0.1, -0.05) is 12.1 Å². The maximum absolute atomic E-state index is 13.8. The Labute approximate surface area is 201 Å². The van der Waals surface area contributed by atoms with Gasteiger partial charge in [0, 0.05) is 27.3 Å². The van der Waals surface area contributed by atoms with Crippen molar-refractivity contribution in [1.82, 2.24) is 10.2 Å². The lowest BCUT2D eigenvalue weighted by Gasteiger charge is -2.42. The fraction of sp³-hybridized carbons (Fsp3) is 0.458. The van der Waals surface area contributed by atoms with Gasteiger partial charge >= 0.3 is 6.09 Å². The molecule has 1 saturated carbocycles. The number of carboxylic acid groups (broad SMARTS) is 1. The number of nitrogens with one attached hydrogen (secondary N) is 1. The van der Waals surface area contributed by atoms with E-state index in [9.17, 15) is 23.8 Å². The second-order valence-electron chi connectivity index (χ2n) is 9.41. The molecule has 0 spiro atoms. The first-order valence-electron chi connectivity index (χ1n) is 10.6. The zero-order valence-electron chi connectivity index (χ0n) is 18.4. The largest absolute Gasteiger partial charge is 0.465 e. The SMILES string of the molecule is CC(C)(C)N(C(=O)O)[C@@H](Cc1cc(F)cc(F)c1)[C@@H](O)CNC1(c2cccc(I)c2)CC1. The molecule has 1 amide bonds. The molecule has 1 fully saturated rings. The van der Waals surface area contributed by atoms with Crippen molar-refractivity contribution in [3.8, 4) is 0 Å². The van der Waals surface area contributed by atoms with Gasteiger partial charge in [0.1, 0.15) is 11.6 Å². The summed E-state index contributed by atoms with van der Waals surface area (Å²) in [7, 11) is 0. The number of amides is 1. The van der Waals surface area contributed by atoms with Crippen LogP contribution in [0.1, 0.15) is 44.7 Å². The molecule has 5 nitrogen and oxygen atoms in total. The zero-order chi connectivity index (χ0) is 23.7. The van der Waals surface area contributed by atoms with Crippen LogP contribution in [-0.4, -0.2) is 45.4 Å². The van der Waals surface area contributed by atoms with Crippen LogP contribution >= 0.6 is 22.6 Å². The molecule has 0 unspecified atom stereocenters. The Balaban J connectivity index is 1.84. The highest BCUT2D eigenvalue weighted by Gasteiger charge is 2.45. The van der Waals surface area contributed by atoms with Crippen LogP contribution in [0.3, 0.4) is 0 Å². The third-order valence-corrected chi connectivity index (χ3v) is 6.52. The molecule has 1 aliphatic carbocycles. The Morgan fingerprint density at radius 2 is 1.81 bits per heavy atom. The number of rotatable bonds is 8. The Bertz CT molecular complexity index is 956. The molecule has 3 rings (SSSR count). The lowest BCUT2D eigenvalue weighted by Crippen LogP contribution is -2.58. The van der Waals surface area contributed by atoms with E-state index >= 15 is 0 Å². The average Bonchev–Trinajstić information content (AvgIpc) is 3.44. The van der Waals surface area contributed by atoms with E-state index < -0.39 is 35.4 Å². The number of aliphatic hydroxyl groups excluding tert-OH is 1. The van der Waals surface area contributed by atoms with E-state index in [1.54, 1.807) is 20.8 Å². The molecule has 2 atom stereocenters. The Morgan fingerprint density at radius 3 is 2.31 bits per heavy atom. The Hall–Kier alpha value is -1.78. The van der Waals surface area contributed by atoms with Crippen LogP contribution in [0.25, 0.3) is 0 Å². The number of hydrogen-bond donors (Lipinski definition) is 3. The van der Waals surface area contributed by atoms with E-state index in [1.165, 1.54) is 17.0 Å². The molecular weight excluding hydrogens is 529 g/mol. The van der Waals surface area contributed by atoms with Crippen LogP contribution in [0.4, 0.5) is 13.6 Å². The van der Waals surface area contributed by atoms with Crippen molar-refractivity contribution in [3.63, 3.8) is 0 Å². The van der Waals surface area contributed by atoms with Gasteiger partial charge in [-0.05, 0) is 98.0 Å². The summed E-state index contributed by atoms with van der Waals surface area (Å²) in [5.41, 5.74) is 0.357. The monoisotopic (exact) mass is 558 g/mol. The maximum atomic E-state index is 13.8. The third-order valence-electron chi connectivity index (χ3n) is 5.85. The van der Waals surface area contributed by atoms with Crippen LogP contribution in [-0.2, 0) is 12.0 Å². The molecule has 1 aliphatic rings. The van der Waals surface area contributed by atoms with Crippen LogP contribution in [0.2, 0.25) is 0 Å². The van der Waals surface area contributed by atoms with Crippen molar-refractivity contribution in [2.75, 3.05) is 6.54 Å². The van der Waals surface area contributed by atoms with Crippen molar-refractivity contribution in [2.45, 2.75) is 63.3 Å². The van der Waals surface area contributed by atoms with Gasteiger partial charge in [-0.3, -0.25) is 4.90 Å². The molecule has 2 aromatic rings. The normalized spacial score (nSPS) is 17.0. The smallest absolute Gasteiger partial charge is 0.408 e. The van der Waals surface area contributed by atoms with Crippen LogP contribution in [0.5, 0.6) is 0 Å². The lowest BCUT2D eigenvalue weighted by molar-refractivity contribution is 0.00644. The van der Waals surface area contributed by atoms with Gasteiger partial charge in [0.15, 0.2) is 0 Å². The lowest BCUT2D eigenvalue weighted by atomic mass is 9.94. The summed E-state index contributed by atoms with van der Waals surface area (Å²) < 4.78 is 28.6. The highest BCUT2D eigenvalue weighted by atomic mass is 127. The quantitative estimate of drug-likeness (QED) is 0.404. The third kappa shape index (κ3) is 5.96. The van der Waals surface area contributed by atoms with Crippen molar-refractivity contribution in [3.05, 3.63) is 68.8 Å². The van der Waals surface area contributed by atoms with Crippen LogP contribution in [0, 0.1) is 15.2 Å². The van der Waals surface area contributed by atoms with E-state index in [-0.39, 0.29) is 18.5 Å². The molecule has 0 aromatic heterocycles. The minimum absolute atomic E-state index is 0.0165. The Kier molecular flexibility index (Phi) is 7.46. The maximum Gasteiger partial charge on any atom is 0.408 e. The average molecular weight is 558 g/mol. The van der Waals surface area contributed by atoms with Crippen molar-refractivity contribution in [1.29, 1.82) is 0 Å². The summed E-state index contributed by atoms with van der Waals surface area (Å²) in [6, 6.07) is 10.4. The first-order valence-corrected chi connectivity index (χ1v) is 11.7. The molecule has 0 heterocycles. The van der Waals surface area contributed by atoms with Gasteiger partial charge in [0.05, 0.1) is 12.1 Å². The molecule has 32 heavy (non-hydrogen) atoms. The van der Waals surface area contributed by atoms with Crippen LogP contribution < -0.4 is 5.32 Å². The van der Waals surface area contributed by atoms with Gasteiger partial charge in [-0.25, -0.2) is 13.6 Å². The van der Waals surface area contributed by atoms with Crippen LogP contribution in [0.15, 0.2) is 42.5 Å². The van der Waals surface area contributed by atoms with Gasteiger partial charge in [0.2, 0.25) is 0 Å². The summed E-state index contributed by atoms with van der Waals surface area (Å²) in [6.45, 7) is 5.34. The number of nitrogens with zero attached hydrogens (tertiary/aromatic N) is 1. The van der Waals surface area contributed by atoms with E-state index in [2.05, 4.69) is 34.0 Å². The minimum atomic E-state index is -1.20. The molecule has 0 radical (unpaired) electrons. The predicted molar refractivity (Wildman–Crippen MR) is 128 cm³/mol. The standard InChI is InChI=1S/C24H29F2IN2O3/c1-23(2,3)29(22(31)32)20(11-15-9-17(25)13-18(26)10-15)21(30)14-28-24(7-8-24)16-5-4-6-19(27)12-16/h4-6,9-10,12-13,20-21,28,30H,7-8,11,14H2,1-3H3,(H,31,32)/t20-,21-/m0/s1. The fourth-order valence-corrected chi connectivity index (χ4v) is 4.75. The summed E-state index contributed by atoms with van der Waals surface area (Å²) in [6.07, 6.45) is -0.463. The highest BCUT2D eigenvalue weighted by molar-refractivity contribution is 14.1. The summed E-state index contributed by atoms with van der Waals surface area (Å²) in [5, 5.41) is 24.5. The van der Waals surface area contributed by atoms with E-state index in [4.69, 9.17) is 0 Å². The number of benzene rings is 2. The highest BCUT2D eigenvalue weighted by Crippen LogP contribution is 2.45. The van der Waals surface area contributed by atoms with Gasteiger partial charge in [-0.15, -0.1) is 0 Å². The van der Waals surface area contributed by atoms with Crippen molar-refractivity contribution >= 4 is 28.7 Å². The minimum Gasteiger partial charge on any atom is -0.465 e. The second kappa shape index (κ2) is 9.61. The fourth-order valence-electron chi connectivity index (χ4n) is 4.21. The summed E-state index contributed by atoms with van der Waals surface area (Å²) in [5.74, 6) is -1.47. The first kappa shape index (κ1) is 24.9. The predicted octanol–water partition coefficient (Wildman–Crippen LogP) is 4.90. The topological polar surface area (TPSA) is 72.8 Å². The number of carbonyl (C=O) groups is 1. The number of halogens is 3. The molecule has 0 aliphatic heterocycles. The van der Waals surface area contributed by atoms with E-state index in [0.29, 0.717) is 5.56 Å². The molecule has 3 N–H and O–H groups in total. The zero-order valence-corrected chi connectivity index (χ0v) is 20.6. The Morgan fingerprint density at radius 1 is 1.19 bits per heavy atom. The molecule has 0 saturated heterocycles. The molecular formula is C24H29F2IN2O3. The van der Waals surface area contributed by atoms with E-state index in [1.807, 2.05) is 18.2 Å².